The summed E-state index contributed by atoms with van der Waals surface area (Å²) in [5.74, 6) is -0.474. The van der Waals surface area contributed by atoms with Crippen LogP contribution in [0.3, 0.4) is 0 Å². The Bertz CT molecular complexity index is 1250. The Kier molecular flexibility index (Phi) is 7.88. The molecule has 2 amide bonds. The number of nitrogens with zero attached hydrogens (tertiary/aromatic N) is 3. The molecule has 3 rings (SSSR count). The maximum atomic E-state index is 12.8. The second-order valence-electron chi connectivity index (χ2n) is 7.34. The number of hydrogen-bond acceptors (Lipinski definition) is 7. The number of ether oxygens (including phenoxy) is 1. The predicted molar refractivity (Wildman–Crippen MR) is 129 cm³/mol. The van der Waals surface area contributed by atoms with Gasteiger partial charge < -0.3 is 15.0 Å². The van der Waals surface area contributed by atoms with E-state index in [1.165, 1.54) is 64.1 Å². The average Bonchev–Trinajstić information content (AvgIpc) is 3.19. The summed E-state index contributed by atoms with van der Waals surface area (Å²) >= 11 is 1.24. The number of thiophene rings is 1. The standard InChI is InChI=1S/C23H24N4O5S2/c1-4-11-27(12-5-2)34(30,31)17-8-6-16(7-9-17)21(28)25-22-19(14-24)18-10-13-26(23(29)32-3)15-20(18)33-22/h4-9H,1-2,10-13,15H2,3H3,(H,25,28). The van der Waals surface area contributed by atoms with E-state index in [0.29, 0.717) is 30.1 Å². The van der Waals surface area contributed by atoms with E-state index in [1.54, 1.807) is 0 Å². The Morgan fingerprint density at radius 1 is 1.26 bits per heavy atom. The minimum Gasteiger partial charge on any atom is -0.453 e. The first-order valence-electron chi connectivity index (χ1n) is 10.3. The zero-order valence-electron chi connectivity index (χ0n) is 18.6. The fraction of sp³-hybridized carbons (Fsp3) is 0.261. The summed E-state index contributed by atoms with van der Waals surface area (Å²) in [5, 5.41) is 12.8. The Hall–Kier alpha value is -3.46. The third kappa shape index (κ3) is 5.04. The van der Waals surface area contributed by atoms with E-state index in [1.807, 2.05) is 0 Å². The number of nitrogens with one attached hydrogen (secondary N) is 1. The summed E-state index contributed by atoms with van der Waals surface area (Å²) in [6, 6.07) is 7.71. The van der Waals surface area contributed by atoms with Crippen molar-refractivity contribution in [3.05, 3.63) is 71.1 Å². The topological polar surface area (TPSA) is 120 Å². The zero-order chi connectivity index (χ0) is 24.9. The molecule has 0 saturated heterocycles. The van der Waals surface area contributed by atoms with Crippen LogP contribution in [0.2, 0.25) is 0 Å². The highest BCUT2D eigenvalue weighted by atomic mass is 32.2. The smallest absolute Gasteiger partial charge is 0.409 e. The third-order valence-electron chi connectivity index (χ3n) is 5.25. The fourth-order valence-corrected chi connectivity index (χ4v) is 6.15. The van der Waals surface area contributed by atoms with Crippen LogP contribution in [0.5, 0.6) is 0 Å². The van der Waals surface area contributed by atoms with Crippen LogP contribution in [-0.2, 0) is 27.7 Å². The highest BCUT2D eigenvalue weighted by Gasteiger charge is 2.28. The van der Waals surface area contributed by atoms with Crippen molar-refractivity contribution in [3.63, 3.8) is 0 Å². The fourth-order valence-electron chi connectivity index (χ4n) is 3.56. The van der Waals surface area contributed by atoms with E-state index in [2.05, 4.69) is 24.5 Å². The molecule has 0 bridgehead atoms. The molecule has 2 heterocycles. The molecule has 1 aromatic heterocycles. The van der Waals surface area contributed by atoms with Crippen LogP contribution < -0.4 is 5.32 Å². The van der Waals surface area contributed by atoms with Gasteiger partial charge in [-0.15, -0.1) is 24.5 Å². The SMILES string of the molecule is C=CCN(CC=C)S(=O)(=O)c1ccc(C(=O)Nc2sc3c(c2C#N)CCN(C(=O)OC)C3)cc1. The van der Waals surface area contributed by atoms with Crippen molar-refractivity contribution in [1.29, 1.82) is 5.26 Å². The third-order valence-corrected chi connectivity index (χ3v) is 8.23. The molecule has 0 radical (unpaired) electrons. The summed E-state index contributed by atoms with van der Waals surface area (Å²) in [4.78, 5) is 27.1. The van der Waals surface area contributed by atoms with Crippen LogP contribution in [0.15, 0.2) is 54.5 Å². The van der Waals surface area contributed by atoms with Crippen molar-refractivity contribution in [2.75, 3.05) is 32.1 Å². The van der Waals surface area contributed by atoms with Gasteiger partial charge in [0, 0.05) is 30.1 Å². The van der Waals surface area contributed by atoms with Gasteiger partial charge in [0.15, 0.2) is 0 Å². The number of methoxy groups -OCH3 is 1. The van der Waals surface area contributed by atoms with Gasteiger partial charge in [-0.3, -0.25) is 4.79 Å². The highest BCUT2D eigenvalue weighted by molar-refractivity contribution is 7.89. The molecule has 0 fully saturated rings. The van der Waals surface area contributed by atoms with Gasteiger partial charge in [0.05, 0.1) is 24.1 Å². The zero-order valence-corrected chi connectivity index (χ0v) is 20.2. The first-order chi connectivity index (χ1) is 16.3. The number of carbonyl (C=O) groups is 2. The Balaban J connectivity index is 1.80. The maximum absolute atomic E-state index is 12.8. The highest BCUT2D eigenvalue weighted by Crippen LogP contribution is 2.37. The molecule has 178 valence electrons. The largest absolute Gasteiger partial charge is 0.453 e. The lowest BCUT2D eigenvalue weighted by Crippen LogP contribution is -2.35. The molecule has 0 saturated carbocycles. The van der Waals surface area contributed by atoms with Gasteiger partial charge in [-0.05, 0) is 36.2 Å². The van der Waals surface area contributed by atoms with Crippen LogP contribution in [0, 0.1) is 11.3 Å². The number of nitriles is 1. The molecule has 1 aromatic carbocycles. The van der Waals surface area contributed by atoms with E-state index >= 15 is 0 Å². The van der Waals surface area contributed by atoms with Crippen molar-refractivity contribution < 1.29 is 22.7 Å². The summed E-state index contributed by atoms with van der Waals surface area (Å²) in [7, 11) is -2.47. The molecule has 1 N–H and O–H groups in total. The molecule has 11 heteroatoms. The van der Waals surface area contributed by atoms with E-state index in [0.717, 1.165) is 10.4 Å². The molecule has 1 aliphatic rings. The normalized spacial score (nSPS) is 13.0. The molecule has 0 aliphatic carbocycles. The van der Waals surface area contributed by atoms with Crippen LogP contribution >= 0.6 is 11.3 Å². The molecule has 0 spiro atoms. The number of fused-ring (bicyclic) bond motifs is 1. The molecular weight excluding hydrogens is 476 g/mol. The number of hydrogen-bond donors (Lipinski definition) is 1. The minimum absolute atomic E-state index is 0.0416. The second kappa shape index (κ2) is 10.6. The van der Waals surface area contributed by atoms with Crippen molar-refractivity contribution >= 4 is 38.4 Å². The van der Waals surface area contributed by atoms with Gasteiger partial charge in [-0.25, -0.2) is 13.2 Å². The first-order valence-corrected chi connectivity index (χ1v) is 12.5. The van der Waals surface area contributed by atoms with Crippen molar-refractivity contribution in [1.82, 2.24) is 9.21 Å². The van der Waals surface area contributed by atoms with Crippen LogP contribution in [0.1, 0.15) is 26.4 Å². The number of sulfonamides is 1. The Morgan fingerprint density at radius 3 is 2.47 bits per heavy atom. The van der Waals surface area contributed by atoms with Crippen LogP contribution in [0.4, 0.5) is 9.80 Å². The van der Waals surface area contributed by atoms with Crippen LogP contribution in [-0.4, -0.2) is 56.4 Å². The monoisotopic (exact) mass is 500 g/mol. The minimum atomic E-state index is -3.78. The first kappa shape index (κ1) is 25.2. The van der Waals surface area contributed by atoms with Gasteiger partial charge in [0.1, 0.15) is 11.1 Å². The van der Waals surface area contributed by atoms with Gasteiger partial charge in [-0.1, -0.05) is 12.2 Å². The average molecular weight is 501 g/mol. The lowest BCUT2D eigenvalue weighted by atomic mass is 10.0. The molecule has 0 atom stereocenters. The number of benzene rings is 1. The van der Waals surface area contributed by atoms with Crippen molar-refractivity contribution in [2.45, 2.75) is 17.9 Å². The van der Waals surface area contributed by atoms with Crippen molar-refractivity contribution in [2.24, 2.45) is 0 Å². The summed E-state index contributed by atoms with van der Waals surface area (Å²) in [6.45, 7) is 8.14. The number of carbonyl (C=O) groups excluding carboxylic acids is 2. The predicted octanol–water partition coefficient (Wildman–Crippen LogP) is 3.36. The summed E-state index contributed by atoms with van der Waals surface area (Å²) in [6.07, 6.45) is 3.01. The number of amides is 2. The van der Waals surface area contributed by atoms with E-state index in [-0.39, 0.29) is 23.5 Å². The molecule has 0 unspecified atom stereocenters. The summed E-state index contributed by atoms with van der Waals surface area (Å²) in [5.41, 5.74) is 1.43. The Morgan fingerprint density at radius 2 is 1.91 bits per heavy atom. The number of anilines is 1. The second-order valence-corrected chi connectivity index (χ2v) is 10.4. The summed E-state index contributed by atoms with van der Waals surface area (Å²) < 4.78 is 31.7. The van der Waals surface area contributed by atoms with Gasteiger partial charge in [-0.2, -0.15) is 9.57 Å². The van der Waals surface area contributed by atoms with E-state index < -0.39 is 22.0 Å². The van der Waals surface area contributed by atoms with Gasteiger partial charge in [0.25, 0.3) is 5.91 Å². The molecule has 9 nitrogen and oxygen atoms in total. The van der Waals surface area contributed by atoms with Crippen LogP contribution in [0.25, 0.3) is 0 Å². The lowest BCUT2D eigenvalue weighted by molar-refractivity contribution is 0.102. The number of rotatable bonds is 8. The van der Waals surface area contributed by atoms with Crippen molar-refractivity contribution in [3.8, 4) is 6.07 Å². The molecule has 1 aliphatic heterocycles. The maximum Gasteiger partial charge on any atom is 0.409 e. The quantitative estimate of drug-likeness (QED) is 0.555. The van der Waals surface area contributed by atoms with Gasteiger partial charge >= 0.3 is 6.09 Å². The Labute approximate surface area is 202 Å². The van der Waals surface area contributed by atoms with E-state index in [9.17, 15) is 23.3 Å². The lowest BCUT2D eigenvalue weighted by Gasteiger charge is -2.25. The molecule has 34 heavy (non-hydrogen) atoms. The van der Waals surface area contributed by atoms with E-state index in [4.69, 9.17) is 4.74 Å². The molecule has 2 aromatic rings. The molecular formula is C23H24N4O5S2. The van der Waals surface area contributed by atoms with Gasteiger partial charge in [0.2, 0.25) is 10.0 Å².